The number of hydrogen-bond donors (Lipinski definition) is 1. The van der Waals surface area contributed by atoms with Gasteiger partial charge < -0.3 is 5.11 Å². The molecule has 0 aliphatic heterocycles. The number of carboxylic acids is 1. The molecule has 0 atom stereocenters. The highest BCUT2D eigenvalue weighted by Gasteiger charge is 2.05. The molecule has 0 aromatic carbocycles. The molecule has 84 valence electrons. The lowest BCUT2D eigenvalue weighted by Crippen LogP contribution is -2.00. The van der Waals surface area contributed by atoms with E-state index in [9.17, 15) is 4.79 Å². The number of aromatic nitrogens is 1. The zero-order valence-electron chi connectivity index (χ0n) is 9.47. The molecule has 0 saturated carbocycles. The molecular weight excluding hydrogens is 202 g/mol. The van der Waals surface area contributed by atoms with Crippen LogP contribution in [0.3, 0.4) is 0 Å². The lowest BCUT2D eigenvalue weighted by molar-refractivity contribution is 0.0690. The fourth-order valence-electron chi connectivity index (χ4n) is 1.33. The zero-order chi connectivity index (χ0) is 12.0. The minimum Gasteiger partial charge on any atom is -0.477 e. The number of pyridine rings is 1. The Morgan fingerprint density at radius 3 is 2.88 bits per heavy atom. The molecule has 0 saturated heterocycles. The van der Waals surface area contributed by atoms with Crippen LogP contribution < -0.4 is 0 Å². The van der Waals surface area contributed by atoms with E-state index < -0.39 is 5.97 Å². The van der Waals surface area contributed by atoms with Gasteiger partial charge >= 0.3 is 5.97 Å². The molecule has 3 nitrogen and oxygen atoms in total. The first-order chi connectivity index (χ1) is 7.69. The highest BCUT2D eigenvalue weighted by atomic mass is 16.4. The van der Waals surface area contributed by atoms with Crippen molar-refractivity contribution < 1.29 is 9.90 Å². The molecule has 1 aromatic rings. The Balaban J connectivity index is 3.07. The van der Waals surface area contributed by atoms with Crippen molar-refractivity contribution >= 4 is 11.5 Å². The highest BCUT2D eigenvalue weighted by molar-refractivity contribution is 5.87. The van der Waals surface area contributed by atoms with Gasteiger partial charge in [-0.25, -0.2) is 9.78 Å². The molecule has 16 heavy (non-hydrogen) atoms. The number of aromatic carboxylic acids is 1. The smallest absolute Gasteiger partial charge is 0.354 e. The standard InChI is InChI=1S/C13H15NO2/c1-3-5-6-10(4-2)11-7-8-14-12(9-11)13(15)16/h4-9H,3H2,1-2H3,(H,15,16)/b6-5-,10-4+. The average Bonchev–Trinajstić information content (AvgIpc) is 2.30. The quantitative estimate of drug-likeness (QED) is 0.788. The second-order valence-corrected chi connectivity index (χ2v) is 3.29. The molecule has 0 aliphatic rings. The van der Waals surface area contributed by atoms with Crippen molar-refractivity contribution in [2.75, 3.05) is 0 Å². The van der Waals surface area contributed by atoms with Crippen LogP contribution in [-0.4, -0.2) is 16.1 Å². The van der Waals surface area contributed by atoms with Crippen molar-refractivity contribution in [1.82, 2.24) is 4.98 Å². The van der Waals surface area contributed by atoms with Crippen molar-refractivity contribution in [1.29, 1.82) is 0 Å². The molecule has 0 bridgehead atoms. The number of rotatable bonds is 4. The largest absolute Gasteiger partial charge is 0.477 e. The van der Waals surface area contributed by atoms with Gasteiger partial charge in [0.15, 0.2) is 0 Å². The molecule has 1 heterocycles. The van der Waals surface area contributed by atoms with Crippen LogP contribution >= 0.6 is 0 Å². The van der Waals surface area contributed by atoms with Gasteiger partial charge in [-0.2, -0.15) is 0 Å². The number of carbonyl (C=O) groups is 1. The minimum absolute atomic E-state index is 0.0711. The van der Waals surface area contributed by atoms with Crippen LogP contribution in [0.25, 0.3) is 5.57 Å². The Kier molecular flexibility index (Phi) is 4.45. The van der Waals surface area contributed by atoms with E-state index in [0.29, 0.717) is 0 Å². The second kappa shape index (κ2) is 5.85. The Morgan fingerprint density at radius 2 is 2.31 bits per heavy atom. The van der Waals surface area contributed by atoms with Crippen molar-refractivity contribution in [3.8, 4) is 0 Å². The molecule has 0 unspecified atom stereocenters. The van der Waals surface area contributed by atoms with Gasteiger partial charge in [-0.3, -0.25) is 0 Å². The Labute approximate surface area is 95.1 Å². The van der Waals surface area contributed by atoms with Crippen LogP contribution in [0.1, 0.15) is 36.3 Å². The lowest BCUT2D eigenvalue weighted by Gasteiger charge is -2.02. The van der Waals surface area contributed by atoms with E-state index in [2.05, 4.69) is 11.9 Å². The normalized spacial score (nSPS) is 12.0. The number of nitrogens with zero attached hydrogens (tertiary/aromatic N) is 1. The minimum atomic E-state index is -1.00. The van der Waals surface area contributed by atoms with Crippen molar-refractivity contribution in [2.24, 2.45) is 0 Å². The summed E-state index contributed by atoms with van der Waals surface area (Å²) in [5.41, 5.74) is 1.95. The van der Waals surface area contributed by atoms with E-state index in [1.165, 1.54) is 6.20 Å². The van der Waals surface area contributed by atoms with Gasteiger partial charge in [0.1, 0.15) is 5.69 Å². The van der Waals surface area contributed by atoms with Gasteiger partial charge in [-0.1, -0.05) is 25.2 Å². The fraction of sp³-hybridized carbons (Fsp3) is 0.231. The third kappa shape index (κ3) is 3.05. The summed E-state index contributed by atoms with van der Waals surface area (Å²) < 4.78 is 0. The number of hydrogen-bond acceptors (Lipinski definition) is 2. The third-order valence-corrected chi connectivity index (χ3v) is 2.16. The zero-order valence-corrected chi connectivity index (χ0v) is 9.47. The predicted octanol–water partition coefficient (Wildman–Crippen LogP) is 3.15. The summed E-state index contributed by atoms with van der Waals surface area (Å²) in [7, 11) is 0. The van der Waals surface area contributed by atoms with E-state index in [0.717, 1.165) is 17.6 Å². The van der Waals surface area contributed by atoms with Crippen LogP contribution in [0, 0.1) is 0 Å². The maximum Gasteiger partial charge on any atom is 0.354 e. The van der Waals surface area contributed by atoms with Gasteiger partial charge in [-0.15, -0.1) is 0 Å². The molecule has 1 rings (SSSR count). The van der Waals surface area contributed by atoms with Crippen LogP contribution in [0.4, 0.5) is 0 Å². The Hall–Kier alpha value is -1.90. The fourth-order valence-corrected chi connectivity index (χ4v) is 1.33. The van der Waals surface area contributed by atoms with Crippen LogP contribution in [0.5, 0.6) is 0 Å². The van der Waals surface area contributed by atoms with E-state index in [-0.39, 0.29) is 5.69 Å². The lowest BCUT2D eigenvalue weighted by atomic mass is 10.1. The average molecular weight is 217 g/mol. The Bertz CT molecular complexity index is 433. The summed E-state index contributed by atoms with van der Waals surface area (Å²) in [6.07, 6.45) is 8.45. The second-order valence-electron chi connectivity index (χ2n) is 3.29. The molecule has 0 radical (unpaired) electrons. The maximum absolute atomic E-state index is 10.8. The molecule has 3 heteroatoms. The molecule has 0 amide bonds. The maximum atomic E-state index is 10.8. The predicted molar refractivity (Wildman–Crippen MR) is 64.3 cm³/mol. The van der Waals surface area contributed by atoms with E-state index >= 15 is 0 Å². The van der Waals surface area contributed by atoms with Crippen LogP contribution in [0.15, 0.2) is 36.6 Å². The van der Waals surface area contributed by atoms with E-state index in [1.54, 1.807) is 6.07 Å². The van der Waals surface area contributed by atoms with Crippen molar-refractivity contribution in [3.05, 3.63) is 47.8 Å². The summed E-state index contributed by atoms with van der Waals surface area (Å²) in [6, 6.07) is 3.39. The summed E-state index contributed by atoms with van der Waals surface area (Å²) in [6.45, 7) is 3.98. The molecule has 1 aromatic heterocycles. The van der Waals surface area contributed by atoms with Gasteiger partial charge in [0.25, 0.3) is 0 Å². The third-order valence-electron chi connectivity index (χ3n) is 2.16. The topological polar surface area (TPSA) is 50.2 Å². The van der Waals surface area contributed by atoms with Crippen LogP contribution in [-0.2, 0) is 0 Å². The first-order valence-corrected chi connectivity index (χ1v) is 5.21. The molecular formula is C13H15NO2. The van der Waals surface area contributed by atoms with E-state index in [4.69, 9.17) is 5.11 Å². The SMILES string of the molecule is C/C=C(\C=C/CC)c1ccnc(C(=O)O)c1. The molecule has 1 N–H and O–H groups in total. The van der Waals surface area contributed by atoms with Crippen LogP contribution in [0.2, 0.25) is 0 Å². The first-order valence-electron chi connectivity index (χ1n) is 5.21. The summed E-state index contributed by atoms with van der Waals surface area (Å²) >= 11 is 0. The molecule has 0 aliphatic carbocycles. The van der Waals surface area contributed by atoms with Gasteiger partial charge in [0.2, 0.25) is 0 Å². The molecule has 0 spiro atoms. The summed E-state index contributed by atoms with van der Waals surface area (Å²) in [4.78, 5) is 14.6. The summed E-state index contributed by atoms with van der Waals surface area (Å²) in [5.74, 6) is -1.00. The highest BCUT2D eigenvalue weighted by Crippen LogP contribution is 2.16. The van der Waals surface area contributed by atoms with Crippen molar-refractivity contribution in [2.45, 2.75) is 20.3 Å². The van der Waals surface area contributed by atoms with E-state index in [1.807, 2.05) is 31.2 Å². The number of carboxylic acid groups (broad SMARTS) is 1. The molecule has 0 fully saturated rings. The van der Waals surface area contributed by atoms with Gasteiger partial charge in [0, 0.05) is 6.20 Å². The van der Waals surface area contributed by atoms with Gasteiger partial charge in [-0.05, 0) is 36.6 Å². The van der Waals surface area contributed by atoms with Crippen molar-refractivity contribution in [3.63, 3.8) is 0 Å². The number of allylic oxidation sites excluding steroid dienone is 4. The summed E-state index contributed by atoms with van der Waals surface area (Å²) in [5, 5.41) is 8.84. The first kappa shape index (κ1) is 12.2. The van der Waals surface area contributed by atoms with Gasteiger partial charge in [0.05, 0.1) is 0 Å². The Morgan fingerprint density at radius 1 is 1.56 bits per heavy atom. The monoisotopic (exact) mass is 217 g/mol.